The van der Waals surface area contributed by atoms with Crippen LogP contribution in [0.3, 0.4) is 0 Å². The van der Waals surface area contributed by atoms with Crippen LogP contribution in [0.1, 0.15) is 23.0 Å². The van der Waals surface area contributed by atoms with Crippen molar-refractivity contribution in [2.45, 2.75) is 20.0 Å². The summed E-state index contributed by atoms with van der Waals surface area (Å²) in [4.78, 5) is 12.4. The van der Waals surface area contributed by atoms with Gasteiger partial charge in [-0.3, -0.25) is 14.2 Å². The van der Waals surface area contributed by atoms with Crippen LogP contribution in [0.25, 0.3) is 0 Å². The summed E-state index contributed by atoms with van der Waals surface area (Å²) >= 11 is 9.23. The zero-order valence-electron chi connectivity index (χ0n) is 12.9. The van der Waals surface area contributed by atoms with E-state index in [1.54, 1.807) is 28.0 Å². The van der Waals surface area contributed by atoms with E-state index in [1.165, 1.54) is 0 Å². The van der Waals surface area contributed by atoms with Crippen molar-refractivity contribution in [1.82, 2.24) is 19.6 Å². The zero-order valence-corrected chi connectivity index (χ0v) is 15.3. The van der Waals surface area contributed by atoms with Crippen molar-refractivity contribution < 1.29 is 4.79 Å². The first-order chi connectivity index (χ1) is 11.6. The molecular weight excluding hydrogens is 394 g/mol. The summed E-state index contributed by atoms with van der Waals surface area (Å²) < 4.78 is 4.05. The molecule has 6 nitrogen and oxygen atoms in total. The Balaban J connectivity index is 1.70. The third kappa shape index (κ3) is 3.68. The van der Waals surface area contributed by atoms with Gasteiger partial charge >= 0.3 is 0 Å². The van der Waals surface area contributed by atoms with E-state index in [9.17, 15) is 4.79 Å². The molecule has 0 unspecified atom stereocenters. The summed E-state index contributed by atoms with van der Waals surface area (Å²) in [5.41, 5.74) is 2.19. The Morgan fingerprint density at radius 2 is 2.00 bits per heavy atom. The number of rotatable bonds is 5. The molecule has 0 aliphatic carbocycles. The Labute approximate surface area is 152 Å². The first-order valence-electron chi connectivity index (χ1n) is 7.36. The molecule has 3 rings (SSSR count). The number of carbonyl (C=O) groups excluding carboxylic acids is 1. The fourth-order valence-electron chi connectivity index (χ4n) is 2.31. The average Bonchev–Trinajstić information content (AvgIpc) is 3.15. The van der Waals surface area contributed by atoms with Crippen LogP contribution >= 0.6 is 27.5 Å². The minimum atomic E-state index is -0.229. The van der Waals surface area contributed by atoms with Gasteiger partial charge in [-0.1, -0.05) is 23.7 Å². The van der Waals surface area contributed by atoms with E-state index in [0.29, 0.717) is 34.0 Å². The maximum absolute atomic E-state index is 12.4. The van der Waals surface area contributed by atoms with E-state index in [4.69, 9.17) is 11.6 Å². The molecular formula is C16H15BrClN5O. The van der Waals surface area contributed by atoms with Crippen molar-refractivity contribution in [2.24, 2.45) is 0 Å². The molecule has 0 saturated carbocycles. The van der Waals surface area contributed by atoms with Crippen LogP contribution in [0.4, 0.5) is 5.69 Å². The number of nitrogens with one attached hydrogen (secondary N) is 1. The van der Waals surface area contributed by atoms with E-state index in [2.05, 4.69) is 31.4 Å². The third-order valence-electron chi connectivity index (χ3n) is 3.46. The lowest BCUT2D eigenvalue weighted by atomic mass is 10.2. The van der Waals surface area contributed by atoms with Crippen molar-refractivity contribution in [2.75, 3.05) is 5.32 Å². The van der Waals surface area contributed by atoms with E-state index in [0.717, 1.165) is 5.56 Å². The number of hydrogen-bond donors (Lipinski definition) is 1. The molecule has 0 aliphatic heterocycles. The molecule has 8 heteroatoms. The van der Waals surface area contributed by atoms with Crippen LogP contribution in [-0.2, 0) is 13.1 Å². The lowest BCUT2D eigenvalue weighted by Crippen LogP contribution is -2.17. The van der Waals surface area contributed by atoms with Gasteiger partial charge in [-0.15, -0.1) is 0 Å². The van der Waals surface area contributed by atoms with Crippen LogP contribution in [0.5, 0.6) is 0 Å². The number of aryl methyl sites for hydroxylation is 1. The smallest absolute Gasteiger partial charge is 0.275 e. The SMILES string of the molecule is CCn1ncc(Br)c1C(=O)Nc1cnn(Cc2ccc(Cl)cc2)c1. The predicted octanol–water partition coefficient (Wildman–Crippen LogP) is 3.82. The molecule has 0 fully saturated rings. The fourth-order valence-corrected chi connectivity index (χ4v) is 2.91. The number of nitrogens with zero attached hydrogens (tertiary/aromatic N) is 4. The number of anilines is 1. The van der Waals surface area contributed by atoms with Crippen molar-refractivity contribution in [3.63, 3.8) is 0 Å². The highest BCUT2D eigenvalue weighted by atomic mass is 79.9. The Kier molecular flexibility index (Phi) is 5.01. The minimum Gasteiger partial charge on any atom is -0.318 e. The fraction of sp³-hybridized carbons (Fsp3) is 0.188. The lowest BCUT2D eigenvalue weighted by molar-refractivity contribution is 0.101. The maximum Gasteiger partial charge on any atom is 0.275 e. The second-order valence-corrected chi connectivity index (χ2v) is 6.45. The molecule has 0 spiro atoms. The quantitative estimate of drug-likeness (QED) is 0.698. The van der Waals surface area contributed by atoms with E-state index < -0.39 is 0 Å². The Hall–Kier alpha value is -2.12. The molecule has 0 saturated heterocycles. The molecule has 0 atom stereocenters. The first-order valence-corrected chi connectivity index (χ1v) is 8.53. The second-order valence-electron chi connectivity index (χ2n) is 5.16. The van der Waals surface area contributed by atoms with Gasteiger partial charge in [0, 0.05) is 17.8 Å². The van der Waals surface area contributed by atoms with Crippen LogP contribution < -0.4 is 5.32 Å². The summed E-state index contributed by atoms with van der Waals surface area (Å²) in [6.07, 6.45) is 5.02. The van der Waals surface area contributed by atoms with Crippen molar-refractivity contribution in [1.29, 1.82) is 0 Å². The van der Waals surface area contributed by atoms with Gasteiger partial charge in [-0.2, -0.15) is 10.2 Å². The summed E-state index contributed by atoms with van der Waals surface area (Å²) in [5, 5.41) is 12.0. The molecule has 0 aliphatic rings. The van der Waals surface area contributed by atoms with Crippen molar-refractivity contribution >= 4 is 39.1 Å². The second kappa shape index (κ2) is 7.19. The van der Waals surface area contributed by atoms with Crippen molar-refractivity contribution in [3.05, 3.63) is 63.6 Å². The maximum atomic E-state index is 12.4. The van der Waals surface area contributed by atoms with E-state index in [1.807, 2.05) is 31.2 Å². The minimum absolute atomic E-state index is 0.229. The van der Waals surface area contributed by atoms with Gasteiger partial charge in [0.25, 0.3) is 5.91 Å². The number of carbonyl (C=O) groups is 1. The molecule has 124 valence electrons. The Morgan fingerprint density at radius 3 is 2.71 bits per heavy atom. The van der Waals surface area contributed by atoms with E-state index >= 15 is 0 Å². The van der Waals surface area contributed by atoms with Gasteiger partial charge in [-0.25, -0.2) is 0 Å². The molecule has 2 heterocycles. The van der Waals surface area contributed by atoms with Gasteiger partial charge in [-0.05, 0) is 40.5 Å². The van der Waals surface area contributed by atoms with Crippen LogP contribution in [0.2, 0.25) is 5.02 Å². The number of aromatic nitrogens is 4. The number of benzene rings is 1. The van der Waals surface area contributed by atoms with Crippen LogP contribution in [0, 0.1) is 0 Å². The summed E-state index contributed by atoms with van der Waals surface area (Å²) in [6.45, 7) is 3.15. The lowest BCUT2D eigenvalue weighted by Gasteiger charge is -2.05. The van der Waals surface area contributed by atoms with Crippen LogP contribution in [-0.4, -0.2) is 25.5 Å². The Bertz CT molecular complexity index is 856. The van der Waals surface area contributed by atoms with Gasteiger partial charge in [0.2, 0.25) is 0 Å². The van der Waals surface area contributed by atoms with E-state index in [-0.39, 0.29) is 5.91 Å². The third-order valence-corrected chi connectivity index (χ3v) is 4.29. The topological polar surface area (TPSA) is 64.7 Å². The van der Waals surface area contributed by atoms with Crippen LogP contribution in [0.15, 0.2) is 47.3 Å². The number of hydrogen-bond acceptors (Lipinski definition) is 3. The highest BCUT2D eigenvalue weighted by Gasteiger charge is 2.17. The predicted molar refractivity (Wildman–Crippen MR) is 96.3 cm³/mol. The molecule has 1 aromatic carbocycles. The molecule has 24 heavy (non-hydrogen) atoms. The van der Waals surface area contributed by atoms with Gasteiger partial charge in [0.15, 0.2) is 0 Å². The zero-order chi connectivity index (χ0) is 17.1. The molecule has 3 aromatic rings. The number of halogens is 2. The molecule has 0 bridgehead atoms. The Morgan fingerprint density at radius 1 is 1.25 bits per heavy atom. The highest BCUT2D eigenvalue weighted by molar-refractivity contribution is 9.10. The molecule has 1 amide bonds. The monoisotopic (exact) mass is 407 g/mol. The standard InChI is InChI=1S/C16H15BrClN5O/c1-2-23-15(14(17)8-20-23)16(24)21-13-7-19-22(10-13)9-11-3-5-12(18)6-4-11/h3-8,10H,2,9H2,1H3,(H,21,24). The largest absolute Gasteiger partial charge is 0.318 e. The van der Waals surface area contributed by atoms with Gasteiger partial charge in [0.1, 0.15) is 5.69 Å². The molecule has 2 aromatic heterocycles. The molecule has 1 N–H and O–H groups in total. The van der Waals surface area contributed by atoms with Crippen molar-refractivity contribution in [3.8, 4) is 0 Å². The number of amides is 1. The average molecular weight is 409 g/mol. The normalized spacial score (nSPS) is 10.8. The summed E-state index contributed by atoms with van der Waals surface area (Å²) in [5.74, 6) is -0.229. The molecule has 0 radical (unpaired) electrons. The summed E-state index contributed by atoms with van der Waals surface area (Å²) in [7, 11) is 0. The first kappa shape index (κ1) is 16.7. The van der Waals surface area contributed by atoms with Gasteiger partial charge in [0.05, 0.1) is 29.1 Å². The summed E-state index contributed by atoms with van der Waals surface area (Å²) in [6, 6.07) is 7.57. The highest BCUT2D eigenvalue weighted by Crippen LogP contribution is 2.18. The van der Waals surface area contributed by atoms with Gasteiger partial charge < -0.3 is 5.32 Å².